The van der Waals surface area contributed by atoms with Gasteiger partial charge in [-0.2, -0.15) is 0 Å². The summed E-state index contributed by atoms with van der Waals surface area (Å²) in [6, 6.07) is 19.3. The Hall–Kier alpha value is -2.43. The minimum Gasteiger partial charge on any atom is -0.321 e. The number of amides is 1. The predicted octanol–water partition coefficient (Wildman–Crippen LogP) is 4.88. The summed E-state index contributed by atoms with van der Waals surface area (Å²) in [5.41, 5.74) is 1.71. The van der Waals surface area contributed by atoms with E-state index in [1.54, 1.807) is 48.5 Å². The van der Waals surface area contributed by atoms with Crippen LogP contribution in [0.5, 0.6) is 0 Å². The van der Waals surface area contributed by atoms with Crippen molar-refractivity contribution < 1.29 is 9.59 Å². The lowest BCUT2D eigenvalue weighted by molar-refractivity contribution is 0.102. The largest absolute Gasteiger partial charge is 0.321 e. The van der Waals surface area contributed by atoms with E-state index in [9.17, 15) is 9.59 Å². The monoisotopic (exact) mass is 341 g/mol. The van der Waals surface area contributed by atoms with E-state index in [1.165, 1.54) is 11.3 Å². The molecule has 2 aromatic carbocycles. The van der Waals surface area contributed by atoms with Gasteiger partial charge in [0, 0.05) is 16.8 Å². The van der Waals surface area contributed by atoms with Crippen LogP contribution in [0.3, 0.4) is 0 Å². The smallest absolute Gasteiger partial charge is 0.265 e. The molecular formula is C18H12ClNO2S. The molecule has 0 aliphatic carbocycles. The molecule has 0 unspecified atom stereocenters. The molecular weight excluding hydrogens is 330 g/mol. The highest BCUT2D eigenvalue weighted by Crippen LogP contribution is 2.23. The highest BCUT2D eigenvalue weighted by atomic mass is 35.5. The van der Waals surface area contributed by atoms with Crippen molar-refractivity contribution in [2.75, 3.05) is 5.32 Å². The Morgan fingerprint density at radius 2 is 1.61 bits per heavy atom. The fraction of sp³-hybridized carbons (Fsp3) is 0. The van der Waals surface area contributed by atoms with Crippen molar-refractivity contribution in [3.05, 3.63) is 87.1 Å². The van der Waals surface area contributed by atoms with E-state index in [1.807, 2.05) is 18.2 Å². The number of hydrogen-bond acceptors (Lipinski definition) is 3. The molecule has 0 fully saturated rings. The Morgan fingerprint density at radius 3 is 2.30 bits per heavy atom. The summed E-state index contributed by atoms with van der Waals surface area (Å²) < 4.78 is 0.558. The second kappa shape index (κ2) is 6.77. The number of ketones is 1. The molecule has 5 heteroatoms. The summed E-state index contributed by atoms with van der Waals surface area (Å²) in [6.45, 7) is 0. The molecule has 3 rings (SSSR count). The molecule has 0 bridgehead atoms. The number of halogens is 1. The molecule has 1 aromatic heterocycles. The first kappa shape index (κ1) is 15.5. The maximum absolute atomic E-state index is 12.4. The maximum Gasteiger partial charge on any atom is 0.265 e. The Bertz CT molecular complexity index is 858. The molecule has 1 N–H and O–H groups in total. The van der Waals surface area contributed by atoms with Crippen LogP contribution < -0.4 is 5.32 Å². The van der Waals surface area contributed by atoms with E-state index in [-0.39, 0.29) is 11.7 Å². The second-order valence-electron chi connectivity index (χ2n) is 4.83. The molecule has 0 radical (unpaired) electrons. The molecule has 0 saturated heterocycles. The number of thiophene rings is 1. The zero-order valence-corrected chi connectivity index (χ0v) is 13.5. The second-order valence-corrected chi connectivity index (χ2v) is 6.55. The van der Waals surface area contributed by atoms with Gasteiger partial charge in [-0.15, -0.1) is 11.3 Å². The molecule has 114 valence electrons. The van der Waals surface area contributed by atoms with Gasteiger partial charge < -0.3 is 5.32 Å². The first-order chi connectivity index (χ1) is 11.1. The van der Waals surface area contributed by atoms with Gasteiger partial charge in [0.15, 0.2) is 5.78 Å². The van der Waals surface area contributed by atoms with Gasteiger partial charge in [-0.3, -0.25) is 9.59 Å². The number of anilines is 1. The van der Waals surface area contributed by atoms with E-state index in [0.717, 1.165) is 0 Å². The molecule has 23 heavy (non-hydrogen) atoms. The molecule has 0 aliphatic rings. The van der Waals surface area contributed by atoms with Crippen LogP contribution in [-0.4, -0.2) is 11.7 Å². The van der Waals surface area contributed by atoms with Crippen LogP contribution in [0.2, 0.25) is 4.34 Å². The van der Waals surface area contributed by atoms with E-state index >= 15 is 0 Å². The van der Waals surface area contributed by atoms with Gasteiger partial charge in [-0.05, 0) is 24.3 Å². The van der Waals surface area contributed by atoms with Crippen LogP contribution in [0.4, 0.5) is 5.69 Å². The van der Waals surface area contributed by atoms with Crippen molar-refractivity contribution in [1.29, 1.82) is 0 Å². The van der Waals surface area contributed by atoms with Crippen molar-refractivity contribution in [3.63, 3.8) is 0 Å². The van der Waals surface area contributed by atoms with Gasteiger partial charge in [0.2, 0.25) is 0 Å². The predicted molar refractivity (Wildman–Crippen MR) is 93.6 cm³/mol. The highest BCUT2D eigenvalue weighted by Gasteiger charge is 2.12. The number of carbonyl (C=O) groups is 2. The number of rotatable bonds is 4. The maximum atomic E-state index is 12.4. The number of nitrogens with one attached hydrogen (secondary N) is 1. The van der Waals surface area contributed by atoms with Gasteiger partial charge in [0.1, 0.15) is 0 Å². The van der Waals surface area contributed by atoms with E-state index in [2.05, 4.69) is 5.32 Å². The third-order valence-electron chi connectivity index (χ3n) is 3.22. The topological polar surface area (TPSA) is 46.2 Å². The van der Waals surface area contributed by atoms with E-state index < -0.39 is 0 Å². The molecule has 1 heterocycles. The summed E-state index contributed by atoms with van der Waals surface area (Å²) in [7, 11) is 0. The lowest BCUT2D eigenvalue weighted by atomic mass is 10.0. The normalized spacial score (nSPS) is 10.3. The molecule has 0 spiro atoms. The van der Waals surface area contributed by atoms with Gasteiger partial charge >= 0.3 is 0 Å². The zero-order valence-electron chi connectivity index (χ0n) is 12.0. The minimum atomic E-state index is -0.244. The minimum absolute atomic E-state index is 0.0825. The summed E-state index contributed by atoms with van der Waals surface area (Å²) in [4.78, 5) is 25.1. The summed E-state index contributed by atoms with van der Waals surface area (Å²) >= 11 is 7.04. The zero-order chi connectivity index (χ0) is 16.2. The van der Waals surface area contributed by atoms with Gasteiger partial charge in [-0.1, -0.05) is 54.1 Å². The Kier molecular flexibility index (Phi) is 4.55. The van der Waals surface area contributed by atoms with E-state index in [0.29, 0.717) is 26.0 Å². The first-order valence-corrected chi connectivity index (χ1v) is 8.09. The van der Waals surface area contributed by atoms with Crippen LogP contribution in [0.1, 0.15) is 25.6 Å². The van der Waals surface area contributed by atoms with Crippen LogP contribution >= 0.6 is 22.9 Å². The lowest BCUT2D eigenvalue weighted by Gasteiger charge is -2.06. The van der Waals surface area contributed by atoms with Gasteiger partial charge in [0.25, 0.3) is 5.91 Å². The van der Waals surface area contributed by atoms with Crippen molar-refractivity contribution >= 4 is 40.3 Å². The summed E-state index contributed by atoms with van der Waals surface area (Å²) in [5.74, 6) is -0.327. The first-order valence-electron chi connectivity index (χ1n) is 6.90. The highest BCUT2D eigenvalue weighted by molar-refractivity contribution is 7.18. The number of carbonyl (C=O) groups excluding carboxylic acids is 2. The van der Waals surface area contributed by atoms with Crippen molar-refractivity contribution in [2.24, 2.45) is 0 Å². The molecule has 0 saturated carbocycles. The lowest BCUT2D eigenvalue weighted by Crippen LogP contribution is -2.11. The summed E-state index contributed by atoms with van der Waals surface area (Å²) in [5, 5.41) is 2.78. The average molecular weight is 342 g/mol. The Balaban J connectivity index is 1.80. The average Bonchev–Trinajstić information content (AvgIpc) is 3.02. The molecule has 0 atom stereocenters. The fourth-order valence-electron chi connectivity index (χ4n) is 2.12. The molecule has 1 amide bonds. The van der Waals surface area contributed by atoms with Crippen LogP contribution in [-0.2, 0) is 0 Å². The van der Waals surface area contributed by atoms with Crippen LogP contribution in [0, 0.1) is 0 Å². The third kappa shape index (κ3) is 3.67. The van der Waals surface area contributed by atoms with Crippen molar-refractivity contribution in [3.8, 4) is 0 Å². The molecule has 3 nitrogen and oxygen atoms in total. The Labute approximate surface area is 142 Å². The Morgan fingerprint density at radius 1 is 0.870 bits per heavy atom. The fourth-order valence-corrected chi connectivity index (χ4v) is 3.06. The number of benzene rings is 2. The van der Waals surface area contributed by atoms with Crippen molar-refractivity contribution in [1.82, 2.24) is 0 Å². The molecule has 0 aliphatic heterocycles. The number of hydrogen-bond donors (Lipinski definition) is 1. The standard InChI is InChI=1S/C18H12ClNO2S/c19-16-10-9-15(23-16)18(22)20-14-8-4-7-13(11-14)17(21)12-5-2-1-3-6-12/h1-11H,(H,20,22). The summed E-state index contributed by atoms with van der Waals surface area (Å²) in [6.07, 6.45) is 0. The van der Waals surface area contributed by atoms with Crippen LogP contribution in [0.15, 0.2) is 66.7 Å². The third-order valence-corrected chi connectivity index (χ3v) is 4.45. The van der Waals surface area contributed by atoms with Crippen molar-refractivity contribution in [2.45, 2.75) is 0 Å². The van der Waals surface area contributed by atoms with Crippen LogP contribution in [0.25, 0.3) is 0 Å². The van der Waals surface area contributed by atoms with E-state index in [4.69, 9.17) is 11.6 Å². The quantitative estimate of drug-likeness (QED) is 0.687. The van der Waals surface area contributed by atoms with Gasteiger partial charge in [-0.25, -0.2) is 0 Å². The van der Waals surface area contributed by atoms with Gasteiger partial charge in [0.05, 0.1) is 9.21 Å². The molecule has 3 aromatic rings. The SMILES string of the molecule is O=C(c1ccccc1)c1cccc(NC(=O)c2ccc(Cl)s2)c1.